The number of hydrogen-bond acceptors (Lipinski definition) is 4. The van der Waals surface area contributed by atoms with Gasteiger partial charge in [-0.15, -0.1) is 0 Å². The normalized spacial score (nSPS) is 11.8. The molecule has 2 rings (SSSR count). The van der Waals surface area contributed by atoms with E-state index in [9.17, 15) is 9.90 Å². The molecular formula is C19H22O4. The van der Waals surface area contributed by atoms with Crippen molar-refractivity contribution in [1.82, 2.24) is 0 Å². The Morgan fingerprint density at radius 1 is 1.09 bits per heavy atom. The molecule has 0 aliphatic heterocycles. The minimum absolute atomic E-state index is 0.157. The van der Waals surface area contributed by atoms with E-state index < -0.39 is 12.1 Å². The highest BCUT2D eigenvalue weighted by molar-refractivity contribution is 5.70. The summed E-state index contributed by atoms with van der Waals surface area (Å²) in [5, 5.41) is 10.1. The Labute approximate surface area is 136 Å². The third-order valence-corrected chi connectivity index (χ3v) is 3.42. The minimum atomic E-state index is -0.582. The first-order chi connectivity index (χ1) is 11.0. The van der Waals surface area contributed by atoms with Crippen molar-refractivity contribution in [3.63, 3.8) is 0 Å². The molecule has 0 aliphatic rings. The predicted octanol–water partition coefficient (Wildman–Crippen LogP) is 3.29. The molecule has 0 spiro atoms. The van der Waals surface area contributed by atoms with Gasteiger partial charge in [-0.05, 0) is 37.5 Å². The van der Waals surface area contributed by atoms with E-state index in [1.807, 2.05) is 6.92 Å². The van der Waals surface area contributed by atoms with Gasteiger partial charge in [0.1, 0.15) is 6.61 Å². The lowest BCUT2D eigenvalue weighted by atomic mass is 10.1. The first-order valence-electron chi connectivity index (χ1n) is 7.68. The van der Waals surface area contributed by atoms with Crippen LogP contribution < -0.4 is 9.47 Å². The minimum Gasteiger partial charge on any atom is -0.487 e. The second kappa shape index (κ2) is 8.34. The summed E-state index contributed by atoms with van der Waals surface area (Å²) in [6.07, 6.45) is 0.816. The van der Waals surface area contributed by atoms with Gasteiger partial charge >= 0.3 is 5.97 Å². The number of aliphatic hydroxyl groups excluding tert-OH is 1. The Morgan fingerprint density at radius 3 is 2.39 bits per heavy atom. The summed E-state index contributed by atoms with van der Waals surface area (Å²) in [4.78, 5) is 11.1. The topological polar surface area (TPSA) is 55.8 Å². The molecule has 2 aromatic carbocycles. The molecule has 0 bridgehead atoms. The van der Waals surface area contributed by atoms with Gasteiger partial charge in [-0.1, -0.05) is 42.0 Å². The molecule has 0 saturated carbocycles. The molecule has 2 aromatic rings. The SMILES string of the molecule is CC(=O)Oc1ccccc1OCC(O)CCc1ccc(C)cc1. The van der Waals surface area contributed by atoms with Crippen LogP contribution >= 0.6 is 0 Å². The van der Waals surface area contributed by atoms with E-state index in [2.05, 4.69) is 24.3 Å². The van der Waals surface area contributed by atoms with Crippen molar-refractivity contribution in [3.05, 3.63) is 59.7 Å². The quantitative estimate of drug-likeness (QED) is 0.629. The third kappa shape index (κ3) is 5.75. The average Bonchev–Trinajstić information content (AvgIpc) is 2.53. The van der Waals surface area contributed by atoms with Crippen LogP contribution in [0.3, 0.4) is 0 Å². The zero-order valence-corrected chi connectivity index (χ0v) is 13.5. The summed E-state index contributed by atoms with van der Waals surface area (Å²) in [5.74, 6) is 0.420. The van der Waals surface area contributed by atoms with Gasteiger partial charge in [0.15, 0.2) is 11.5 Å². The molecule has 122 valence electrons. The summed E-state index contributed by atoms with van der Waals surface area (Å²) < 4.78 is 10.7. The van der Waals surface area contributed by atoms with Gasteiger partial charge < -0.3 is 14.6 Å². The van der Waals surface area contributed by atoms with E-state index in [1.54, 1.807) is 24.3 Å². The molecule has 0 aliphatic carbocycles. The van der Waals surface area contributed by atoms with Crippen LogP contribution in [0.15, 0.2) is 48.5 Å². The van der Waals surface area contributed by atoms with Crippen LogP contribution in [-0.2, 0) is 11.2 Å². The Hall–Kier alpha value is -2.33. The van der Waals surface area contributed by atoms with Crippen molar-refractivity contribution in [1.29, 1.82) is 0 Å². The third-order valence-electron chi connectivity index (χ3n) is 3.42. The molecule has 1 atom stereocenters. The van der Waals surface area contributed by atoms with E-state index in [-0.39, 0.29) is 6.61 Å². The van der Waals surface area contributed by atoms with E-state index in [0.29, 0.717) is 17.9 Å². The van der Waals surface area contributed by atoms with E-state index in [0.717, 1.165) is 6.42 Å². The molecule has 4 nitrogen and oxygen atoms in total. The molecule has 1 unspecified atom stereocenters. The standard InChI is InChI=1S/C19H22O4/c1-14-7-9-16(10-8-14)11-12-17(21)13-22-18-5-3-4-6-19(18)23-15(2)20/h3-10,17,21H,11-13H2,1-2H3. The number of ether oxygens (including phenoxy) is 2. The first-order valence-corrected chi connectivity index (χ1v) is 7.68. The van der Waals surface area contributed by atoms with Gasteiger partial charge in [0.2, 0.25) is 0 Å². The largest absolute Gasteiger partial charge is 0.487 e. The highest BCUT2D eigenvalue weighted by Crippen LogP contribution is 2.26. The van der Waals surface area contributed by atoms with Crippen molar-refractivity contribution < 1.29 is 19.4 Å². The van der Waals surface area contributed by atoms with Gasteiger partial charge in [0, 0.05) is 6.92 Å². The van der Waals surface area contributed by atoms with E-state index >= 15 is 0 Å². The van der Waals surface area contributed by atoms with Crippen molar-refractivity contribution in [2.24, 2.45) is 0 Å². The van der Waals surface area contributed by atoms with Crippen LogP contribution in [0.25, 0.3) is 0 Å². The van der Waals surface area contributed by atoms with Crippen LogP contribution in [0, 0.1) is 6.92 Å². The van der Waals surface area contributed by atoms with Gasteiger partial charge in [0.25, 0.3) is 0 Å². The number of carbonyl (C=O) groups is 1. The highest BCUT2D eigenvalue weighted by atomic mass is 16.6. The maximum Gasteiger partial charge on any atom is 0.308 e. The molecule has 0 aromatic heterocycles. The Balaban J connectivity index is 1.83. The maximum atomic E-state index is 11.1. The summed E-state index contributed by atoms with van der Waals surface area (Å²) >= 11 is 0. The lowest BCUT2D eigenvalue weighted by Gasteiger charge is -2.14. The number of rotatable bonds is 7. The predicted molar refractivity (Wildman–Crippen MR) is 88.8 cm³/mol. The van der Waals surface area contributed by atoms with Gasteiger partial charge in [-0.2, -0.15) is 0 Å². The second-order valence-electron chi connectivity index (χ2n) is 5.53. The monoisotopic (exact) mass is 314 g/mol. The molecule has 0 heterocycles. The average molecular weight is 314 g/mol. The molecule has 0 fully saturated rings. The van der Waals surface area contributed by atoms with Gasteiger partial charge in [-0.3, -0.25) is 4.79 Å². The molecule has 1 N–H and O–H groups in total. The number of hydrogen-bond donors (Lipinski definition) is 1. The Morgan fingerprint density at radius 2 is 1.74 bits per heavy atom. The molecule has 23 heavy (non-hydrogen) atoms. The zero-order valence-electron chi connectivity index (χ0n) is 13.5. The number of esters is 1. The second-order valence-corrected chi connectivity index (χ2v) is 5.53. The van der Waals surface area contributed by atoms with Crippen LogP contribution in [0.2, 0.25) is 0 Å². The number of aryl methyl sites for hydroxylation is 2. The summed E-state index contributed by atoms with van der Waals surface area (Å²) in [6.45, 7) is 3.55. The van der Waals surface area contributed by atoms with Crippen molar-refractivity contribution in [3.8, 4) is 11.5 Å². The molecule has 0 radical (unpaired) electrons. The maximum absolute atomic E-state index is 11.1. The summed E-state index contributed by atoms with van der Waals surface area (Å²) in [5.41, 5.74) is 2.41. The lowest BCUT2D eigenvalue weighted by molar-refractivity contribution is -0.132. The molecule has 4 heteroatoms. The van der Waals surface area contributed by atoms with Crippen molar-refractivity contribution >= 4 is 5.97 Å². The summed E-state index contributed by atoms with van der Waals surface area (Å²) in [6, 6.07) is 15.2. The fraction of sp³-hybridized carbons (Fsp3) is 0.316. The number of benzene rings is 2. The van der Waals surface area contributed by atoms with E-state index in [1.165, 1.54) is 18.1 Å². The van der Waals surface area contributed by atoms with Crippen molar-refractivity contribution in [2.75, 3.05) is 6.61 Å². The molecule has 0 saturated heterocycles. The molecular weight excluding hydrogens is 292 g/mol. The number of para-hydroxylation sites is 2. The highest BCUT2D eigenvalue weighted by Gasteiger charge is 2.10. The number of aliphatic hydroxyl groups is 1. The number of carbonyl (C=O) groups excluding carboxylic acids is 1. The van der Waals surface area contributed by atoms with Crippen LogP contribution in [-0.4, -0.2) is 23.8 Å². The first kappa shape index (κ1) is 17.0. The van der Waals surface area contributed by atoms with E-state index in [4.69, 9.17) is 9.47 Å². The van der Waals surface area contributed by atoms with Crippen LogP contribution in [0.1, 0.15) is 24.5 Å². The fourth-order valence-corrected chi connectivity index (χ4v) is 2.17. The van der Waals surface area contributed by atoms with Crippen LogP contribution in [0.5, 0.6) is 11.5 Å². The molecule has 0 amide bonds. The smallest absolute Gasteiger partial charge is 0.308 e. The Bertz CT molecular complexity index is 634. The zero-order chi connectivity index (χ0) is 16.7. The summed E-state index contributed by atoms with van der Waals surface area (Å²) in [7, 11) is 0. The Kier molecular flexibility index (Phi) is 6.18. The van der Waals surface area contributed by atoms with Crippen molar-refractivity contribution in [2.45, 2.75) is 32.8 Å². The fourth-order valence-electron chi connectivity index (χ4n) is 2.17. The lowest BCUT2D eigenvalue weighted by Crippen LogP contribution is -2.18. The van der Waals surface area contributed by atoms with Gasteiger partial charge in [0.05, 0.1) is 6.10 Å². The van der Waals surface area contributed by atoms with Crippen LogP contribution in [0.4, 0.5) is 0 Å². The van der Waals surface area contributed by atoms with Gasteiger partial charge in [-0.25, -0.2) is 0 Å².